The molecule has 0 aliphatic heterocycles. The molecule has 0 radical (unpaired) electrons. The summed E-state index contributed by atoms with van der Waals surface area (Å²) >= 11 is 5.94. The van der Waals surface area contributed by atoms with Crippen molar-refractivity contribution in [1.29, 1.82) is 0 Å². The summed E-state index contributed by atoms with van der Waals surface area (Å²) in [4.78, 5) is 38.9. The number of nitrogens with zero attached hydrogens (tertiary/aromatic N) is 2. The van der Waals surface area contributed by atoms with E-state index in [-0.39, 0.29) is 24.6 Å². The van der Waals surface area contributed by atoms with Gasteiger partial charge in [-0.15, -0.1) is 0 Å². The maximum absolute atomic E-state index is 13.2. The van der Waals surface area contributed by atoms with Crippen LogP contribution in [0.1, 0.15) is 11.1 Å². The fourth-order valence-electron chi connectivity index (χ4n) is 3.63. The number of halogens is 1. The monoisotopic (exact) mass is 447 g/mol. The lowest BCUT2D eigenvalue weighted by atomic mass is 10.1. The van der Waals surface area contributed by atoms with Gasteiger partial charge in [0.25, 0.3) is 5.56 Å². The van der Waals surface area contributed by atoms with Crippen LogP contribution in [0, 0.1) is 0 Å². The Hall–Kier alpha value is -3.64. The highest BCUT2D eigenvalue weighted by Gasteiger charge is 2.15. The largest absolute Gasteiger partial charge is 0.354 e. The number of benzene rings is 3. The summed E-state index contributed by atoms with van der Waals surface area (Å²) in [5.74, 6) is -0.287. The van der Waals surface area contributed by atoms with Gasteiger partial charge in [0.05, 0.1) is 17.4 Å². The third kappa shape index (κ3) is 4.81. The molecule has 0 unspecified atom stereocenters. The van der Waals surface area contributed by atoms with Crippen molar-refractivity contribution in [2.24, 2.45) is 0 Å². The zero-order chi connectivity index (χ0) is 22.5. The van der Waals surface area contributed by atoms with Crippen molar-refractivity contribution in [3.63, 3.8) is 0 Å². The molecule has 4 aromatic rings. The van der Waals surface area contributed by atoms with Crippen LogP contribution in [-0.4, -0.2) is 21.6 Å². The minimum Gasteiger partial charge on any atom is -0.354 e. The third-order valence-electron chi connectivity index (χ3n) is 5.27. The van der Waals surface area contributed by atoms with E-state index < -0.39 is 5.69 Å². The average Bonchev–Trinajstić information content (AvgIpc) is 2.81. The van der Waals surface area contributed by atoms with Crippen molar-refractivity contribution >= 4 is 28.4 Å². The fraction of sp³-hybridized carbons (Fsp3) is 0.160. The molecule has 4 rings (SSSR count). The van der Waals surface area contributed by atoms with Crippen LogP contribution >= 0.6 is 11.6 Å². The van der Waals surface area contributed by atoms with Gasteiger partial charge in [-0.25, -0.2) is 4.79 Å². The topological polar surface area (TPSA) is 73.1 Å². The van der Waals surface area contributed by atoms with Gasteiger partial charge in [0.1, 0.15) is 6.54 Å². The van der Waals surface area contributed by atoms with E-state index in [0.29, 0.717) is 28.9 Å². The number of para-hydroxylation sites is 1. The van der Waals surface area contributed by atoms with Gasteiger partial charge in [-0.1, -0.05) is 66.2 Å². The van der Waals surface area contributed by atoms with Crippen LogP contribution in [0.15, 0.2) is 88.5 Å². The molecule has 0 bridgehead atoms. The molecule has 0 atom stereocenters. The smallest absolute Gasteiger partial charge is 0.332 e. The molecule has 162 valence electrons. The average molecular weight is 448 g/mol. The predicted molar refractivity (Wildman–Crippen MR) is 126 cm³/mol. The minimum atomic E-state index is -0.526. The van der Waals surface area contributed by atoms with Crippen molar-refractivity contribution in [1.82, 2.24) is 14.5 Å². The van der Waals surface area contributed by atoms with Gasteiger partial charge in [0.2, 0.25) is 5.91 Å². The molecule has 6 nitrogen and oxygen atoms in total. The first kappa shape index (κ1) is 21.6. The molecule has 0 aliphatic carbocycles. The quantitative estimate of drug-likeness (QED) is 0.472. The number of hydrogen-bond acceptors (Lipinski definition) is 3. The molecule has 0 fully saturated rings. The lowest BCUT2D eigenvalue weighted by molar-refractivity contribution is -0.121. The van der Waals surface area contributed by atoms with E-state index in [1.165, 1.54) is 4.57 Å². The van der Waals surface area contributed by atoms with E-state index in [1.807, 2.05) is 30.3 Å². The summed E-state index contributed by atoms with van der Waals surface area (Å²) < 4.78 is 2.51. The maximum Gasteiger partial charge on any atom is 0.332 e. The SMILES string of the molecule is O=C(Cn1c(=O)n(Cc2ccc(Cl)cc2)c(=O)c2ccccc21)NCCc1ccccc1. The van der Waals surface area contributed by atoms with Gasteiger partial charge >= 0.3 is 5.69 Å². The molecule has 3 aromatic carbocycles. The Balaban J connectivity index is 1.61. The molecule has 7 heteroatoms. The molecule has 1 amide bonds. The van der Waals surface area contributed by atoms with Crippen LogP contribution in [0.5, 0.6) is 0 Å². The predicted octanol–water partition coefficient (Wildman–Crippen LogP) is 3.22. The highest BCUT2D eigenvalue weighted by Crippen LogP contribution is 2.11. The van der Waals surface area contributed by atoms with Crippen LogP contribution < -0.4 is 16.6 Å². The van der Waals surface area contributed by atoms with E-state index in [0.717, 1.165) is 15.7 Å². The number of rotatable bonds is 7. The number of hydrogen-bond donors (Lipinski definition) is 1. The molecular formula is C25H22ClN3O3. The van der Waals surface area contributed by atoms with E-state index in [1.54, 1.807) is 48.5 Å². The van der Waals surface area contributed by atoms with Gasteiger partial charge in [-0.2, -0.15) is 0 Å². The molecule has 1 aromatic heterocycles. The van der Waals surface area contributed by atoms with Crippen LogP contribution in [0.4, 0.5) is 0 Å². The van der Waals surface area contributed by atoms with Crippen LogP contribution in [-0.2, 0) is 24.3 Å². The normalized spacial score (nSPS) is 10.9. The Morgan fingerprint density at radius 3 is 2.25 bits per heavy atom. The summed E-state index contributed by atoms with van der Waals surface area (Å²) in [6.45, 7) is 0.379. The summed E-state index contributed by atoms with van der Waals surface area (Å²) in [6, 6.07) is 23.6. The fourth-order valence-corrected chi connectivity index (χ4v) is 3.75. The second-order valence-corrected chi connectivity index (χ2v) is 7.93. The zero-order valence-corrected chi connectivity index (χ0v) is 18.1. The molecule has 32 heavy (non-hydrogen) atoms. The summed E-state index contributed by atoms with van der Waals surface area (Å²) in [5, 5.41) is 3.82. The van der Waals surface area contributed by atoms with E-state index in [4.69, 9.17) is 11.6 Å². The number of fused-ring (bicyclic) bond motifs is 1. The Kier molecular flexibility index (Phi) is 6.52. The van der Waals surface area contributed by atoms with Gasteiger partial charge in [-0.3, -0.25) is 18.7 Å². The molecule has 0 saturated heterocycles. The first-order valence-electron chi connectivity index (χ1n) is 10.3. The molecule has 0 aliphatic rings. The third-order valence-corrected chi connectivity index (χ3v) is 5.52. The molecular weight excluding hydrogens is 426 g/mol. The number of carbonyl (C=O) groups excluding carboxylic acids is 1. The Bertz CT molecular complexity index is 1360. The molecule has 1 N–H and O–H groups in total. The van der Waals surface area contributed by atoms with Gasteiger partial charge in [0, 0.05) is 11.6 Å². The highest BCUT2D eigenvalue weighted by molar-refractivity contribution is 6.30. The minimum absolute atomic E-state index is 0.0926. The lowest BCUT2D eigenvalue weighted by Gasteiger charge is -2.14. The standard InChI is InChI=1S/C25H22ClN3O3/c26-20-12-10-19(11-13-20)16-29-24(31)21-8-4-5-9-22(21)28(25(29)32)17-23(30)27-15-14-18-6-2-1-3-7-18/h1-13H,14-17H2,(H,27,30). The maximum atomic E-state index is 13.2. The Labute approximate surface area is 189 Å². The van der Waals surface area contributed by atoms with Gasteiger partial charge in [0.15, 0.2) is 0 Å². The van der Waals surface area contributed by atoms with Crippen LogP contribution in [0.3, 0.4) is 0 Å². The van der Waals surface area contributed by atoms with Crippen molar-refractivity contribution < 1.29 is 4.79 Å². The van der Waals surface area contributed by atoms with E-state index in [9.17, 15) is 14.4 Å². The first-order chi connectivity index (χ1) is 15.5. The number of amides is 1. The Morgan fingerprint density at radius 2 is 1.50 bits per heavy atom. The highest BCUT2D eigenvalue weighted by atomic mass is 35.5. The lowest BCUT2D eigenvalue weighted by Crippen LogP contribution is -2.43. The number of aromatic nitrogens is 2. The number of nitrogens with one attached hydrogen (secondary N) is 1. The summed E-state index contributed by atoms with van der Waals surface area (Å²) in [7, 11) is 0. The van der Waals surface area contributed by atoms with Crippen molar-refractivity contribution in [2.75, 3.05) is 6.54 Å². The summed E-state index contributed by atoms with van der Waals surface area (Å²) in [5.41, 5.74) is 1.41. The van der Waals surface area contributed by atoms with Gasteiger partial charge in [-0.05, 0) is 41.8 Å². The van der Waals surface area contributed by atoms with Crippen LogP contribution in [0.25, 0.3) is 10.9 Å². The van der Waals surface area contributed by atoms with Crippen molar-refractivity contribution in [2.45, 2.75) is 19.5 Å². The zero-order valence-electron chi connectivity index (χ0n) is 17.3. The second-order valence-electron chi connectivity index (χ2n) is 7.49. The first-order valence-corrected chi connectivity index (χ1v) is 10.7. The van der Waals surface area contributed by atoms with Crippen molar-refractivity contribution in [3.8, 4) is 0 Å². The summed E-state index contributed by atoms with van der Waals surface area (Å²) in [6.07, 6.45) is 0.693. The van der Waals surface area contributed by atoms with Crippen LogP contribution in [0.2, 0.25) is 5.02 Å². The molecule has 0 saturated carbocycles. The molecule has 1 heterocycles. The van der Waals surface area contributed by atoms with Gasteiger partial charge < -0.3 is 5.32 Å². The number of carbonyl (C=O) groups is 1. The molecule has 0 spiro atoms. The van der Waals surface area contributed by atoms with E-state index in [2.05, 4.69) is 5.32 Å². The second kappa shape index (κ2) is 9.66. The van der Waals surface area contributed by atoms with E-state index >= 15 is 0 Å². The Morgan fingerprint density at radius 1 is 0.812 bits per heavy atom. The van der Waals surface area contributed by atoms with Crippen molar-refractivity contribution in [3.05, 3.63) is 116 Å².